The zero-order valence-corrected chi connectivity index (χ0v) is 15.1. The van der Waals surface area contributed by atoms with Crippen LogP contribution in [0.2, 0.25) is 0 Å². The maximum atomic E-state index is 12.4. The van der Waals surface area contributed by atoms with Crippen molar-refractivity contribution in [1.29, 1.82) is 0 Å². The number of carbonyl (C=O) groups excluding carboxylic acids is 1. The van der Waals surface area contributed by atoms with Crippen LogP contribution in [0.5, 0.6) is 0 Å². The van der Waals surface area contributed by atoms with E-state index in [9.17, 15) is 4.79 Å². The molecule has 5 nitrogen and oxygen atoms in total. The second-order valence-corrected chi connectivity index (χ2v) is 6.36. The lowest BCUT2D eigenvalue weighted by atomic mass is 10.2. The number of aryl methyl sites for hydroxylation is 1. The highest BCUT2D eigenvalue weighted by Crippen LogP contribution is 2.17. The largest absolute Gasteiger partial charge is 0.340 e. The first-order chi connectivity index (χ1) is 10.5. The van der Waals surface area contributed by atoms with Crippen LogP contribution in [0.1, 0.15) is 24.7 Å². The monoisotopic (exact) mass is 382 g/mol. The summed E-state index contributed by atoms with van der Waals surface area (Å²) in [5, 5.41) is 6.95. The molecule has 0 atom stereocenters. The number of rotatable bonds is 6. The van der Waals surface area contributed by atoms with Crippen molar-refractivity contribution in [3.05, 3.63) is 44.9 Å². The van der Waals surface area contributed by atoms with E-state index in [-0.39, 0.29) is 12.5 Å². The number of carbonyl (C=O) groups is 1. The lowest BCUT2D eigenvalue weighted by molar-refractivity contribution is -0.131. The molecule has 7 heteroatoms. The van der Waals surface area contributed by atoms with Crippen LogP contribution in [0.15, 0.2) is 28.7 Å². The van der Waals surface area contributed by atoms with Crippen molar-refractivity contribution in [2.45, 2.75) is 32.9 Å². The number of nitrogens with one attached hydrogen (secondary N) is 1. The molecule has 1 N–H and O–H groups in total. The third-order valence-electron chi connectivity index (χ3n) is 3.40. The zero-order chi connectivity index (χ0) is 16.1. The molecule has 0 spiro atoms. The van der Waals surface area contributed by atoms with Crippen molar-refractivity contribution >= 4 is 34.1 Å². The van der Waals surface area contributed by atoms with Crippen LogP contribution < -0.4 is 0 Å². The summed E-state index contributed by atoms with van der Waals surface area (Å²) in [5.74, 6) is 0.834. The van der Waals surface area contributed by atoms with E-state index in [4.69, 9.17) is 12.2 Å². The Labute approximate surface area is 143 Å². The summed E-state index contributed by atoms with van der Waals surface area (Å²) in [6, 6.07) is 7.89. The molecule has 1 aromatic carbocycles. The van der Waals surface area contributed by atoms with Crippen molar-refractivity contribution in [3.8, 4) is 0 Å². The summed E-state index contributed by atoms with van der Waals surface area (Å²) in [7, 11) is 1.80. The van der Waals surface area contributed by atoms with Crippen molar-refractivity contribution in [1.82, 2.24) is 19.7 Å². The van der Waals surface area contributed by atoms with Gasteiger partial charge in [0.1, 0.15) is 12.4 Å². The summed E-state index contributed by atoms with van der Waals surface area (Å²) in [5.41, 5.74) is 1.07. The van der Waals surface area contributed by atoms with Crippen molar-refractivity contribution in [2.24, 2.45) is 0 Å². The molecule has 0 saturated heterocycles. The van der Waals surface area contributed by atoms with Gasteiger partial charge in [0, 0.05) is 24.5 Å². The van der Waals surface area contributed by atoms with E-state index in [1.807, 2.05) is 24.3 Å². The van der Waals surface area contributed by atoms with Crippen LogP contribution in [0.3, 0.4) is 0 Å². The van der Waals surface area contributed by atoms with E-state index in [2.05, 4.69) is 33.1 Å². The fraction of sp³-hybridized carbons (Fsp3) is 0.400. The Morgan fingerprint density at radius 3 is 2.86 bits per heavy atom. The minimum atomic E-state index is 0.00519. The normalized spacial score (nSPS) is 10.7. The molecule has 0 radical (unpaired) electrons. The molecule has 0 aliphatic carbocycles. The molecule has 1 aromatic heterocycles. The Bertz CT molecular complexity index is 710. The lowest BCUT2D eigenvalue weighted by Gasteiger charge is -2.18. The zero-order valence-electron chi connectivity index (χ0n) is 12.7. The fourth-order valence-corrected chi connectivity index (χ4v) is 2.78. The summed E-state index contributed by atoms with van der Waals surface area (Å²) >= 11 is 8.71. The summed E-state index contributed by atoms with van der Waals surface area (Å²) in [6.07, 6.45) is 1.76. The van der Waals surface area contributed by atoms with E-state index in [1.54, 1.807) is 16.5 Å². The third kappa shape index (κ3) is 4.04. The first-order valence-corrected chi connectivity index (χ1v) is 8.34. The Balaban J connectivity index is 2.07. The van der Waals surface area contributed by atoms with Gasteiger partial charge in [0.05, 0.1) is 0 Å². The highest BCUT2D eigenvalue weighted by Gasteiger charge is 2.14. The van der Waals surface area contributed by atoms with E-state index < -0.39 is 0 Å². The summed E-state index contributed by atoms with van der Waals surface area (Å²) < 4.78 is 3.27. The van der Waals surface area contributed by atoms with Gasteiger partial charge in [-0.05, 0) is 30.3 Å². The van der Waals surface area contributed by atoms with Gasteiger partial charge in [-0.2, -0.15) is 5.10 Å². The number of hydrogen-bond acceptors (Lipinski definition) is 3. The number of aromatic nitrogens is 3. The number of nitrogens with zero attached hydrogens (tertiary/aromatic N) is 3. The maximum absolute atomic E-state index is 12.4. The summed E-state index contributed by atoms with van der Waals surface area (Å²) in [4.78, 5) is 14.1. The predicted molar refractivity (Wildman–Crippen MR) is 92.0 cm³/mol. The Morgan fingerprint density at radius 1 is 1.45 bits per heavy atom. The molecule has 2 aromatic rings. The Kier molecular flexibility index (Phi) is 5.90. The van der Waals surface area contributed by atoms with Crippen LogP contribution in [0.4, 0.5) is 0 Å². The van der Waals surface area contributed by atoms with Gasteiger partial charge in [0.2, 0.25) is 5.91 Å². The van der Waals surface area contributed by atoms with Crippen molar-refractivity contribution < 1.29 is 4.79 Å². The topological polar surface area (TPSA) is 53.9 Å². The average molecular weight is 383 g/mol. The van der Waals surface area contributed by atoms with Gasteiger partial charge in [-0.25, -0.2) is 0 Å². The molecule has 0 unspecified atom stereocenters. The Morgan fingerprint density at radius 2 is 2.18 bits per heavy atom. The standard InChI is InChI=1S/C15H19BrN4OS/c1-3-6-13-17-18-15(22)20(13)10-14(21)19(2)9-11-7-4-5-8-12(11)16/h4-5,7-8H,3,6,9-10H2,1-2H3,(H,18,22). The molecule has 1 heterocycles. The number of halogens is 1. The van der Waals surface area contributed by atoms with Crippen molar-refractivity contribution in [2.75, 3.05) is 7.05 Å². The minimum Gasteiger partial charge on any atom is -0.340 e. The SMILES string of the molecule is CCCc1n[nH]c(=S)n1CC(=O)N(C)Cc1ccccc1Br. The predicted octanol–water partition coefficient (Wildman–Crippen LogP) is 3.31. The van der Waals surface area contributed by atoms with Gasteiger partial charge in [-0.3, -0.25) is 14.5 Å². The smallest absolute Gasteiger partial charge is 0.242 e. The first-order valence-electron chi connectivity index (χ1n) is 7.14. The molecular formula is C15H19BrN4OS. The van der Waals surface area contributed by atoms with Crippen LogP contribution in [0, 0.1) is 4.77 Å². The van der Waals surface area contributed by atoms with Gasteiger partial charge >= 0.3 is 0 Å². The number of likely N-dealkylation sites (N-methyl/N-ethyl adjacent to an activating group) is 1. The lowest BCUT2D eigenvalue weighted by Crippen LogP contribution is -2.30. The molecule has 0 aliphatic heterocycles. The van der Waals surface area contributed by atoms with E-state index in [1.165, 1.54) is 0 Å². The summed E-state index contributed by atoms with van der Waals surface area (Å²) in [6.45, 7) is 2.84. The second kappa shape index (κ2) is 7.69. The molecule has 22 heavy (non-hydrogen) atoms. The van der Waals surface area contributed by atoms with Crippen LogP contribution in [0.25, 0.3) is 0 Å². The second-order valence-electron chi connectivity index (χ2n) is 5.12. The van der Waals surface area contributed by atoms with E-state index in [0.29, 0.717) is 11.3 Å². The van der Waals surface area contributed by atoms with Gasteiger partial charge in [0.25, 0.3) is 0 Å². The fourth-order valence-electron chi connectivity index (χ4n) is 2.15. The van der Waals surface area contributed by atoms with Gasteiger partial charge < -0.3 is 4.90 Å². The minimum absolute atomic E-state index is 0.00519. The van der Waals surface area contributed by atoms with Gasteiger partial charge in [0.15, 0.2) is 4.77 Å². The van der Waals surface area contributed by atoms with Crippen LogP contribution in [-0.2, 0) is 24.3 Å². The highest BCUT2D eigenvalue weighted by atomic mass is 79.9. The van der Waals surface area contributed by atoms with Gasteiger partial charge in [-0.15, -0.1) is 0 Å². The molecule has 118 valence electrons. The van der Waals surface area contributed by atoms with E-state index in [0.717, 1.165) is 28.7 Å². The molecule has 0 bridgehead atoms. The molecule has 0 fully saturated rings. The number of amides is 1. The molecule has 0 saturated carbocycles. The first kappa shape index (κ1) is 16.9. The van der Waals surface area contributed by atoms with Crippen LogP contribution >= 0.6 is 28.1 Å². The molecule has 0 aliphatic rings. The van der Waals surface area contributed by atoms with E-state index >= 15 is 0 Å². The number of hydrogen-bond donors (Lipinski definition) is 1. The third-order valence-corrected chi connectivity index (χ3v) is 4.48. The quantitative estimate of drug-likeness (QED) is 0.779. The maximum Gasteiger partial charge on any atom is 0.242 e. The van der Waals surface area contributed by atoms with Crippen molar-refractivity contribution in [3.63, 3.8) is 0 Å². The van der Waals surface area contributed by atoms with Crippen LogP contribution in [-0.4, -0.2) is 32.6 Å². The highest BCUT2D eigenvalue weighted by molar-refractivity contribution is 9.10. The molecular weight excluding hydrogens is 364 g/mol. The number of H-pyrrole nitrogens is 1. The average Bonchev–Trinajstić information content (AvgIpc) is 2.83. The number of benzene rings is 1. The number of aromatic amines is 1. The van der Waals surface area contributed by atoms with Gasteiger partial charge in [-0.1, -0.05) is 41.1 Å². The Hall–Kier alpha value is -1.47. The molecule has 2 rings (SSSR count). The molecule has 1 amide bonds.